The van der Waals surface area contributed by atoms with Crippen molar-refractivity contribution in [1.82, 2.24) is 4.90 Å². The summed E-state index contributed by atoms with van der Waals surface area (Å²) in [5.74, 6) is 1.61. The first-order valence-corrected chi connectivity index (χ1v) is 7.02. The molecule has 5 nitrogen and oxygen atoms in total. The van der Waals surface area contributed by atoms with E-state index in [0.717, 1.165) is 44.2 Å². The van der Waals surface area contributed by atoms with Crippen molar-refractivity contribution in [2.75, 3.05) is 47.1 Å². The molecular formula is C15H25ClN2O3. The second-order valence-electron chi connectivity index (χ2n) is 4.90. The molecule has 2 N–H and O–H groups in total. The lowest BCUT2D eigenvalue weighted by molar-refractivity contribution is 0.104. The zero-order valence-electron chi connectivity index (χ0n) is 12.8. The van der Waals surface area contributed by atoms with Gasteiger partial charge in [0.25, 0.3) is 0 Å². The largest absolute Gasteiger partial charge is 0.493 e. The van der Waals surface area contributed by atoms with Crippen molar-refractivity contribution in [1.29, 1.82) is 0 Å². The zero-order valence-corrected chi connectivity index (χ0v) is 13.6. The number of hydrogen-bond donors (Lipinski definition) is 1. The second kappa shape index (κ2) is 9.10. The van der Waals surface area contributed by atoms with Crippen molar-refractivity contribution in [3.8, 4) is 11.5 Å². The fraction of sp³-hybridized carbons (Fsp3) is 0.600. The van der Waals surface area contributed by atoms with E-state index in [-0.39, 0.29) is 12.4 Å². The van der Waals surface area contributed by atoms with E-state index < -0.39 is 0 Å². The van der Waals surface area contributed by atoms with Crippen LogP contribution in [0.5, 0.6) is 11.5 Å². The molecule has 1 aliphatic heterocycles. The SMILES string of the molecule is COc1cc2c(cc1OC)CN(CCOCCN)CC2.Cl. The van der Waals surface area contributed by atoms with Gasteiger partial charge in [0.05, 0.1) is 27.4 Å². The number of hydrogen-bond acceptors (Lipinski definition) is 5. The Morgan fingerprint density at radius 1 is 1.10 bits per heavy atom. The van der Waals surface area contributed by atoms with E-state index in [9.17, 15) is 0 Å². The van der Waals surface area contributed by atoms with Gasteiger partial charge in [-0.2, -0.15) is 0 Å². The molecule has 0 aliphatic carbocycles. The Bertz CT molecular complexity index is 443. The average Bonchev–Trinajstić information content (AvgIpc) is 2.50. The highest BCUT2D eigenvalue weighted by Gasteiger charge is 2.19. The lowest BCUT2D eigenvalue weighted by Crippen LogP contribution is -2.33. The van der Waals surface area contributed by atoms with Gasteiger partial charge in [-0.3, -0.25) is 4.90 Å². The lowest BCUT2D eigenvalue weighted by Gasteiger charge is -2.29. The standard InChI is InChI=1S/C15H24N2O3.ClH/c1-18-14-9-12-3-5-17(6-8-20-7-4-16)11-13(12)10-15(14)19-2;/h9-10H,3-8,11,16H2,1-2H3;1H. The molecule has 6 heteroatoms. The number of nitrogens with zero attached hydrogens (tertiary/aromatic N) is 1. The van der Waals surface area contributed by atoms with Crippen molar-refractivity contribution in [2.45, 2.75) is 13.0 Å². The highest BCUT2D eigenvalue weighted by molar-refractivity contribution is 5.85. The molecular weight excluding hydrogens is 292 g/mol. The Labute approximate surface area is 132 Å². The lowest BCUT2D eigenvalue weighted by atomic mass is 9.99. The molecule has 0 spiro atoms. The van der Waals surface area contributed by atoms with Crippen LogP contribution in [0.15, 0.2) is 12.1 Å². The number of fused-ring (bicyclic) bond motifs is 1. The summed E-state index contributed by atoms with van der Waals surface area (Å²) in [5, 5.41) is 0. The first kappa shape index (κ1) is 18.0. The summed E-state index contributed by atoms with van der Waals surface area (Å²) in [6.45, 7) is 4.87. The summed E-state index contributed by atoms with van der Waals surface area (Å²) >= 11 is 0. The molecule has 0 aromatic heterocycles. The van der Waals surface area contributed by atoms with Gasteiger partial charge >= 0.3 is 0 Å². The van der Waals surface area contributed by atoms with Gasteiger partial charge in [0.15, 0.2) is 11.5 Å². The van der Waals surface area contributed by atoms with Gasteiger partial charge in [0.2, 0.25) is 0 Å². The number of rotatable bonds is 7. The fourth-order valence-corrected chi connectivity index (χ4v) is 2.51. The van der Waals surface area contributed by atoms with Crippen LogP contribution in [0.4, 0.5) is 0 Å². The minimum absolute atomic E-state index is 0. The minimum Gasteiger partial charge on any atom is -0.493 e. The molecule has 0 atom stereocenters. The van der Waals surface area contributed by atoms with Gasteiger partial charge in [0.1, 0.15) is 0 Å². The molecule has 1 aliphatic rings. The van der Waals surface area contributed by atoms with Crippen LogP contribution in [0.1, 0.15) is 11.1 Å². The summed E-state index contributed by atoms with van der Waals surface area (Å²) in [6, 6.07) is 4.18. The normalized spacial score (nSPS) is 14.2. The van der Waals surface area contributed by atoms with Crippen LogP contribution in [0.3, 0.4) is 0 Å². The Kier molecular flexibility index (Phi) is 7.82. The molecule has 2 rings (SSSR count). The monoisotopic (exact) mass is 316 g/mol. The molecule has 0 saturated carbocycles. The van der Waals surface area contributed by atoms with Gasteiger partial charge in [-0.05, 0) is 29.7 Å². The molecule has 1 aromatic rings. The first-order chi connectivity index (χ1) is 9.78. The Balaban J connectivity index is 0.00000220. The van der Waals surface area contributed by atoms with Crippen molar-refractivity contribution >= 4 is 12.4 Å². The van der Waals surface area contributed by atoms with Crippen LogP contribution < -0.4 is 15.2 Å². The van der Waals surface area contributed by atoms with E-state index in [0.29, 0.717) is 13.2 Å². The van der Waals surface area contributed by atoms with E-state index in [4.69, 9.17) is 19.9 Å². The van der Waals surface area contributed by atoms with Gasteiger partial charge in [-0.15, -0.1) is 12.4 Å². The van der Waals surface area contributed by atoms with E-state index in [1.165, 1.54) is 11.1 Å². The van der Waals surface area contributed by atoms with E-state index in [2.05, 4.69) is 17.0 Å². The maximum atomic E-state index is 5.44. The Hall–Kier alpha value is -1.01. The summed E-state index contributed by atoms with van der Waals surface area (Å²) in [6.07, 6.45) is 1.03. The number of ether oxygens (including phenoxy) is 3. The molecule has 0 saturated heterocycles. The minimum atomic E-state index is 0. The second-order valence-corrected chi connectivity index (χ2v) is 4.90. The average molecular weight is 317 g/mol. The molecule has 0 radical (unpaired) electrons. The van der Waals surface area contributed by atoms with Crippen LogP contribution in [0, 0.1) is 0 Å². The number of benzene rings is 1. The third kappa shape index (κ3) is 4.74. The molecule has 0 amide bonds. The maximum absolute atomic E-state index is 5.44. The number of nitrogens with two attached hydrogens (primary N) is 1. The summed E-state index contributed by atoms with van der Waals surface area (Å²) in [4.78, 5) is 2.39. The van der Waals surface area contributed by atoms with E-state index >= 15 is 0 Å². The van der Waals surface area contributed by atoms with Crippen LogP contribution in [-0.4, -0.2) is 52.0 Å². The molecule has 0 unspecified atom stereocenters. The Morgan fingerprint density at radius 2 is 1.76 bits per heavy atom. The van der Waals surface area contributed by atoms with Crippen molar-refractivity contribution < 1.29 is 14.2 Å². The fourth-order valence-electron chi connectivity index (χ4n) is 2.51. The predicted octanol–water partition coefficient (Wildman–Crippen LogP) is 1.46. The third-order valence-corrected chi connectivity index (χ3v) is 3.61. The van der Waals surface area contributed by atoms with E-state index in [1.54, 1.807) is 14.2 Å². The third-order valence-electron chi connectivity index (χ3n) is 3.61. The topological polar surface area (TPSA) is 57.0 Å². The predicted molar refractivity (Wildman–Crippen MR) is 85.6 cm³/mol. The molecule has 1 aromatic carbocycles. The first-order valence-electron chi connectivity index (χ1n) is 7.02. The van der Waals surface area contributed by atoms with Crippen LogP contribution >= 0.6 is 12.4 Å². The van der Waals surface area contributed by atoms with Crippen LogP contribution in [0.2, 0.25) is 0 Å². The van der Waals surface area contributed by atoms with Crippen molar-refractivity contribution in [3.05, 3.63) is 23.3 Å². The summed E-state index contributed by atoms with van der Waals surface area (Å²) < 4.78 is 16.2. The molecule has 0 bridgehead atoms. The summed E-state index contributed by atoms with van der Waals surface area (Å²) in [5.41, 5.74) is 8.07. The maximum Gasteiger partial charge on any atom is 0.161 e. The van der Waals surface area contributed by atoms with Crippen LogP contribution in [0.25, 0.3) is 0 Å². The van der Waals surface area contributed by atoms with Gasteiger partial charge in [0, 0.05) is 26.2 Å². The van der Waals surface area contributed by atoms with Crippen molar-refractivity contribution in [2.24, 2.45) is 5.73 Å². The molecule has 1 heterocycles. The van der Waals surface area contributed by atoms with Gasteiger partial charge in [-0.1, -0.05) is 0 Å². The Morgan fingerprint density at radius 3 is 2.38 bits per heavy atom. The smallest absolute Gasteiger partial charge is 0.161 e. The van der Waals surface area contributed by atoms with Crippen molar-refractivity contribution in [3.63, 3.8) is 0 Å². The highest BCUT2D eigenvalue weighted by Crippen LogP contribution is 2.33. The molecule has 120 valence electrons. The quantitative estimate of drug-likeness (QED) is 0.772. The highest BCUT2D eigenvalue weighted by atomic mass is 35.5. The number of methoxy groups -OCH3 is 2. The van der Waals surface area contributed by atoms with Gasteiger partial charge in [-0.25, -0.2) is 0 Å². The van der Waals surface area contributed by atoms with Gasteiger partial charge < -0.3 is 19.9 Å². The molecule has 0 fully saturated rings. The summed E-state index contributed by atoms with van der Waals surface area (Å²) in [7, 11) is 3.35. The number of halogens is 1. The molecule has 21 heavy (non-hydrogen) atoms. The van der Waals surface area contributed by atoms with Crippen LogP contribution in [-0.2, 0) is 17.7 Å². The van der Waals surface area contributed by atoms with E-state index in [1.807, 2.05) is 0 Å². The zero-order chi connectivity index (χ0) is 14.4.